The van der Waals surface area contributed by atoms with E-state index in [9.17, 15) is 14.4 Å². The van der Waals surface area contributed by atoms with Crippen LogP contribution in [0.3, 0.4) is 0 Å². The molecule has 3 aromatic heterocycles. The summed E-state index contributed by atoms with van der Waals surface area (Å²) in [5.41, 5.74) is 3.24. The third kappa shape index (κ3) is 16.9. The van der Waals surface area contributed by atoms with E-state index in [-0.39, 0.29) is 30.2 Å². The van der Waals surface area contributed by atoms with Crippen LogP contribution in [0.5, 0.6) is 6.01 Å². The molecule has 5 saturated carbocycles. The summed E-state index contributed by atoms with van der Waals surface area (Å²) in [5.74, 6) is 8.07. The molecule has 0 radical (unpaired) electrons. The quantitative estimate of drug-likeness (QED) is 0.0371. The minimum atomic E-state index is -0.120. The lowest BCUT2D eigenvalue weighted by Crippen LogP contribution is -2.48. The summed E-state index contributed by atoms with van der Waals surface area (Å²) in [7, 11) is 0. The van der Waals surface area contributed by atoms with Crippen molar-refractivity contribution in [2.75, 3.05) is 39.5 Å². The predicted molar refractivity (Wildman–Crippen MR) is 323 cm³/mol. The first-order valence-corrected chi connectivity index (χ1v) is 31.5. The van der Waals surface area contributed by atoms with Gasteiger partial charge < -0.3 is 41.4 Å². The van der Waals surface area contributed by atoms with Gasteiger partial charge in [-0.25, -0.2) is 19.0 Å². The van der Waals surface area contributed by atoms with Crippen molar-refractivity contribution in [3.63, 3.8) is 0 Å². The molecule has 5 aliphatic carbocycles. The largest absolute Gasteiger partial charge is 0.461 e. The van der Waals surface area contributed by atoms with Gasteiger partial charge in [-0.1, -0.05) is 106 Å². The number of carbonyl (C=O) groups is 3. The van der Waals surface area contributed by atoms with Crippen molar-refractivity contribution >= 4 is 18.1 Å². The normalized spacial score (nSPS) is 22.0. The van der Waals surface area contributed by atoms with Crippen molar-refractivity contribution in [1.29, 1.82) is 0 Å². The van der Waals surface area contributed by atoms with Crippen LogP contribution in [0.2, 0.25) is 0 Å². The second-order valence-electron chi connectivity index (χ2n) is 24.1. The molecule has 0 bridgehead atoms. The summed E-state index contributed by atoms with van der Waals surface area (Å²) in [6, 6.07) is 31.7. The van der Waals surface area contributed by atoms with Crippen LogP contribution >= 0.6 is 0 Å². The SMILES string of the molecule is CC1CCCCC1NC(=O)NCCCc1nnc(C2CC2)n1-c1ccccc1.CC1CCCCC1NC(=O)NCCOc1nnc(C2CC2)n1-c1ccccc1.CC1COCCC1NC(=O)NCCCc1nnc(C2CC2)n1-c1ccccc1. The average Bonchev–Trinajstić information content (AvgIpc) is 4.05. The molecule has 20 heteroatoms. The Morgan fingerprint density at radius 1 is 0.464 bits per heavy atom. The van der Waals surface area contributed by atoms with Crippen molar-refractivity contribution in [1.82, 2.24) is 76.2 Å². The first kappa shape index (κ1) is 59.8. The maximum Gasteiger partial charge on any atom is 0.321 e. The molecule has 3 aromatic carbocycles. The van der Waals surface area contributed by atoms with Gasteiger partial charge >= 0.3 is 24.1 Å². The number of amides is 6. The average molecular weight is 1150 g/mol. The number of para-hydroxylation sites is 3. The molecule has 1 aliphatic heterocycles. The van der Waals surface area contributed by atoms with Gasteiger partial charge in [0.25, 0.3) is 0 Å². The molecule has 6 atom stereocenters. The summed E-state index contributed by atoms with van der Waals surface area (Å²) >= 11 is 0. The summed E-state index contributed by atoms with van der Waals surface area (Å²) in [6.07, 6.45) is 20.7. The number of urea groups is 3. The summed E-state index contributed by atoms with van der Waals surface area (Å²) in [6.45, 7) is 10.0. The molecule has 84 heavy (non-hydrogen) atoms. The Labute approximate surface area is 495 Å². The minimum Gasteiger partial charge on any atom is -0.461 e. The minimum absolute atomic E-state index is 0.0399. The van der Waals surface area contributed by atoms with E-state index in [4.69, 9.17) is 9.47 Å². The number of hydrogen-bond donors (Lipinski definition) is 6. The standard InChI is InChI=1S/C22H31N5O.2C21H29N5O2/c1-16-8-5-6-11-19(16)24-22(28)23-15-7-12-20-25-26-21(17-13-14-17)27(20)18-9-3-2-4-10-18;1-15-7-5-6-10-18(15)23-20(27)22-13-14-28-21-25-24-19(16-11-12-16)26(21)17-8-3-2-4-9-17;1-15-14-28-13-11-18(15)23-21(27)22-12-5-8-19-24-25-20(16-9-10-16)26(19)17-6-3-2-4-7-17/h2-4,9-10,16-17,19H,5-8,11-15H2,1H3,(H2,23,24,28);2-4,8-9,15-16,18H,5-7,10-14H2,1H3,(H2,22,23,27);2-4,6-7,15-16,18H,5,8-14H2,1H3,(H2,22,23,27). The number of nitrogens with zero attached hydrogens (tertiary/aromatic N) is 9. The van der Waals surface area contributed by atoms with Crippen LogP contribution < -0.4 is 36.6 Å². The molecule has 1 saturated heterocycles. The van der Waals surface area contributed by atoms with Crippen LogP contribution in [0, 0.1) is 17.8 Å². The fourth-order valence-corrected chi connectivity index (χ4v) is 11.7. The highest BCUT2D eigenvalue weighted by Gasteiger charge is 2.34. The molecule has 20 nitrogen and oxygen atoms in total. The van der Waals surface area contributed by atoms with Gasteiger partial charge in [-0.3, -0.25) is 9.13 Å². The first-order valence-electron chi connectivity index (χ1n) is 31.5. The second kappa shape index (κ2) is 29.9. The molecule has 6 fully saturated rings. The number of ether oxygens (including phenoxy) is 2. The summed E-state index contributed by atoms with van der Waals surface area (Å²) < 4.78 is 17.7. The van der Waals surface area contributed by atoms with Crippen LogP contribution in [0.1, 0.15) is 177 Å². The second-order valence-corrected chi connectivity index (χ2v) is 24.1. The highest BCUT2D eigenvalue weighted by atomic mass is 16.5. The monoisotopic (exact) mass is 1150 g/mol. The van der Waals surface area contributed by atoms with Crippen LogP contribution in [-0.2, 0) is 17.6 Å². The third-order valence-electron chi connectivity index (χ3n) is 17.2. The van der Waals surface area contributed by atoms with E-state index in [0.29, 0.717) is 87.0 Å². The molecule has 6 aromatic rings. The molecule has 450 valence electrons. The van der Waals surface area contributed by atoms with Gasteiger partial charge in [-0.15, -0.1) is 25.5 Å². The Bertz CT molecular complexity index is 2680. The van der Waals surface area contributed by atoms with Gasteiger partial charge in [0, 0.05) is 79.8 Å². The summed E-state index contributed by atoms with van der Waals surface area (Å²) in [5, 5.41) is 44.6. The Morgan fingerprint density at radius 3 is 1.29 bits per heavy atom. The molecule has 6 aliphatic rings. The maximum absolute atomic E-state index is 12.2. The van der Waals surface area contributed by atoms with E-state index in [1.54, 1.807) is 0 Å². The van der Waals surface area contributed by atoms with E-state index < -0.39 is 0 Å². The van der Waals surface area contributed by atoms with Gasteiger partial charge in [0.05, 0.1) is 18.8 Å². The maximum atomic E-state index is 12.2. The topological polar surface area (TPSA) is 234 Å². The Balaban J connectivity index is 0.000000140. The van der Waals surface area contributed by atoms with E-state index >= 15 is 0 Å². The van der Waals surface area contributed by atoms with Crippen molar-refractivity contribution in [2.24, 2.45) is 17.8 Å². The van der Waals surface area contributed by atoms with Crippen LogP contribution in [0.25, 0.3) is 17.1 Å². The van der Waals surface area contributed by atoms with Gasteiger partial charge in [-0.05, 0) is 138 Å². The fraction of sp³-hybridized carbons (Fsp3) is 0.578. The zero-order chi connectivity index (χ0) is 58.0. The molecular weight excluding hydrogens is 1060 g/mol. The number of aromatic nitrogens is 9. The van der Waals surface area contributed by atoms with Gasteiger partial charge in [0.1, 0.15) is 35.7 Å². The smallest absolute Gasteiger partial charge is 0.321 e. The Kier molecular flexibility index (Phi) is 21.3. The molecule has 4 heterocycles. The molecule has 6 N–H and O–H groups in total. The zero-order valence-electron chi connectivity index (χ0n) is 49.6. The van der Waals surface area contributed by atoms with E-state index in [0.717, 1.165) is 104 Å². The highest BCUT2D eigenvalue weighted by Crippen LogP contribution is 2.42. The third-order valence-corrected chi connectivity index (χ3v) is 17.2. The van der Waals surface area contributed by atoms with Crippen molar-refractivity contribution in [3.8, 4) is 23.1 Å². The van der Waals surface area contributed by atoms with E-state index in [1.165, 1.54) is 64.2 Å². The van der Waals surface area contributed by atoms with Crippen LogP contribution in [0.4, 0.5) is 14.4 Å². The molecule has 6 amide bonds. The van der Waals surface area contributed by atoms with E-state index in [1.807, 2.05) is 71.3 Å². The predicted octanol–water partition coefficient (Wildman–Crippen LogP) is 10.2. The molecule has 12 rings (SSSR count). The lowest BCUT2D eigenvalue weighted by molar-refractivity contribution is 0.0419. The number of hydrogen-bond acceptors (Lipinski definition) is 11. The molecular formula is C64H89N15O5. The van der Waals surface area contributed by atoms with Crippen LogP contribution in [-0.4, -0.2) is 120 Å². The van der Waals surface area contributed by atoms with Gasteiger partial charge in [-0.2, -0.15) is 0 Å². The summed E-state index contributed by atoms with van der Waals surface area (Å²) in [4.78, 5) is 36.5. The van der Waals surface area contributed by atoms with Crippen molar-refractivity contribution in [2.45, 2.75) is 179 Å². The lowest BCUT2D eigenvalue weighted by atomic mass is 9.86. The van der Waals surface area contributed by atoms with Crippen molar-refractivity contribution in [3.05, 3.63) is 120 Å². The first-order chi connectivity index (χ1) is 41.2. The highest BCUT2D eigenvalue weighted by molar-refractivity contribution is 5.75. The number of benzene rings is 3. The number of aryl methyl sites for hydroxylation is 2. The molecule has 0 spiro atoms. The molecule has 6 unspecified atom stereocenters. The van der Waals surface area contributed by atoms with Gasteiger partial charge in [0.15, 0.2) is 0 Å². The zero-order valence-corrected chi connectivity index (χ0v) is 49.6. The Hall–Kier alpha value is -7.35. The van der Waals surface area contributed by atoms with Gasteiger partial charge in [0.2, 0.25) is 0 Å². The fourth-order valence-electron chi connectivity index (χ4n) is 11.7. The number of carbonyl (C=O) groups excluding carboxylic acids is 3. The van der Waals surface area contributed by atoms with Crippen LogP contribution in [0.15, 0.2) is 91.0 Å². The number of rotatable bonds is 21. The number of nitrogens with one attached hydrogen (secondary N) is 6. The lowest BCUT2D eigenvalue weighted by Gasteiger charge is -2.29. The van der Waals surface area contributed by atoms with E-state index in [2.05, 4.69) is 117 Å². The Morgan fingerprint density at radius 2 is 0.857 bits per heavy atom. The van der Waals surface area contributed by atoms with Crippen molar-refractivity contribution < 1.29 is 23.9 Å².